The third kappa shape index (κ3) is 2.14. The van der Waals surface area contributed by atoms with Gasteiger partial charge in [0.05, 0.1) is 5.69 Å². The number of aromatic nitrogens is 3. The van der Waals surface area contributed by atoms with Crippen molar-refractivity contribution in [3.63, 3.8) is 0 Å². The molecule has 0 radical (unpaired) electrons. The van der Waals surface area contributed by atoms with Crippen LogP contribution in [0, 0.1) is 6.92 Å². The van der Waals surface area contributed by atoms with Crippen LogP contribution in [0.2, 0.25) is 0 Å². The molecule has 86 valence electrons. The van der Waals surface area contributed by atoms with E-state index in [1.165, 1.54) is 0 Å². The van der Waals surface area contributed by atoms with Gasteiger partial charge in [-0.3, -0.25) is 0 Å². The van der Waals surface area contributed by atoms with Gasteiger partial charge in [0, 0.05) is 25.0 Å². The van der Waals surface area contributed by atoms with Crippen LogP contribution in [0.5, 0.6) is 0 Å². The van der Waals surface area contributed by atoms with Gasteiger partial charge in [-0.15, -0.1) is 0 Å². The summed E-state index contributed by atoms with van der Waals surface area (Å²) < 4.78 is 1.80. The lowest BCUT2D eigenvalue weighted by atomic mass is 10.2. The summed E-state index contributed by atoms with van der Waals surface area (Å²) in [5.41, 5.74) is 1.93. The van der Waals surface area contributed by atoms with Gasteiger partial charge in [0.2, 0.25) is 0 Å². The van der Waals surface area contributed by atoms with E-state index in [1.54, 1.807) is 10.7 Å². The van der Waals surface area contributed by atoms with Crippen molar-refractivity contribution in [3.05, 3.63) is 24.2 Å². The lowest BCUT2D eigenvalue weighted by Crippen LogP contribution is -2.17. The second kappa shape index (κ2) is 4.49. The van der Waals surface area contributed by atoms with Crippen molar-refractivity contribution in [1.29, 1.82) is 0 Å². The Morgan fingerprint density at radius 2 is 2.38 bits per heavy atom. The molecule has 2 rings (SSSR count). The van der Waals surface area contributed by atoms with Gasteiger partial charge in [-0.25, -0.2) is 9.50 Å². The largest absolute Gasteiger partial charge is 0.396 e. The standard InChI is InChI=1S/C11H16N4O/c1-8(3-6-16)13-11-10-7-9(2)14-15(10)5-4-12-11/h4-5,7-8,16H,3,6H2,1-2H3,(H,12,13). The zero-order valence-electron chi connectivity index (χ0n) is 9.51. The van der Waals surface area contributed by atoms with Crippen LogP contribution in [0.15, 0.2) is 18.5 Å². The van der Waals surface area contributed by atoms with E-state index in [2.05, 4.69) is 15.4 Å². The molecule has 0 bridgehead atoms. The fourth-order valence-electron chi connectivity index (χ4n) is 1.65. The quantitative estimate of drug-likeness (QED) is 0.813. The Bertz CT molecular complexity index is 480. The Labute approximate surface area is 94.1 Å². The van der Waals surface area contributed by atoms with Crippen LogP contribution in [0.4, 0.5) is 5.82 Å². The zero-order chi connectivity index (χ0) is 11.5. The third-order valence-electron chi connectivity index (χ3n) is 2.46. The van der Waals surface area contributed by atoms with Crippen LogP contribution >= 0.6 is 0 Å². The van der Waals surface area contributed by atoms with E-state index < -0.39 is 0 Å². The smallest absolute Gasteiger partial charge is 0.152 e. The Kier molecular flexibility index (Phi) is 3.05. The van der Waals surface area contributed by atoms with Gasteiger partial charge in [-0.05, 0) is 26.3 Å². The topological polar surface area (TPSA) is 62.5 Å². The first-order valence-electron chi connectivity index (χ1n) is 5.39. The van der Waals surface area contributed by atoms with Crippen molar-refractivity contribution < 1.29 is 5.11 Å². The molecule has 5 heteroatoms. The number of nitrogens with zero attached hydrogens (tertiary/aromatic N) is 3. The van der Waals surface area contributed by atoms with Gasteiger partial charge in [-0.2, -0.15) is 5.10 Å². The highest BCUT2D eigenvalue weighted by atomic mass is 16.3. The molecule has 0 aliphatic carbocycles. The van der Waals surface area contributed by atoms with Gasteiger partial charge in [0.15, 0.2) is 5.82 Å². The third-order valence-corrected chi connectivity index (χ3v) is 2.46. The summed E-state index contributed by atoms with van der Waals surface area (Å²) in [4.78, 5) is 4.29. The first kappa shape index (κ1) is 10.9. The minimum absolute atomic E-state index is 0.176. The minimum Gasteiger partial charge on any atom is -0.396 e. The number of hydrogen-bond donors (Lipinski definition) is 2. The van der Waals surface area contributed by atoms with Gasteiger partial charge >= 0.3 is 0 Å². The van der Waals surface area contributed by atoms with Crippen LogP contribution < -0.4 is 5.32 Å². The molecule has 0 saturated carbocycles. The predicted molar refractivity (Wildman–Crippen MR) is 62.5 cm³/mol. The van der Waals surface area contributed by atoms with Crippen LogP contribution in [0.3, 0.4) is 0 Å². The molecule has 0 fully saturated rings. The summed E-state index contributed by atoms with van der Waals surface area (Å²) in [5.74, 6) is 0.809. The monoisotopic (exact) mass is 220 g/mol. The number of fused-ring (bicyclic) bond motifs is 1. The average Bonchev–Trinajstić information content (AvgIpc) is 2.60. The molecule has 2 heterocycles. The van der Waals surface area contributed by atoms with Crippen LogP contribution in [-0.2, 0) is 0 Å². The molecule has 0 aromatic carbocycles. The molecule has 0 amide bonds. The molecule has 0 aliphatic heterocycles. The maximum atomic E-state index is 8.85. The molecule has 0 spiro atoms. The highest BCUT2D eigenvalue weighted by molar-refractivity contribution is 5.67. The predicted octanol–water partition coefficient (Wildman–Crippen LogP) is 1.22. The molecule has 0 aliphatic rings. The van der Waals surface area contributed by atoms with Crippen molar-refractivity contribution in [3.8, 4) is 0 Å². The second-order valence-electron chi connectivity index (χ2n) is 3.95. The average molecular weight is 220 g/mol. The van der Waals surface area contributed by atoms with E-state index in [4.69, 9.17) is 5.11 Å². The molecular formula is C11H16N4O. The van der Waals surface area contributed by atoms with Crippen molar-refractivity contribution in [2.24, 2.45) is 0 Å². The summed E-state index contributed by atoms with van der Waals surface area (Å²) >= 11 is 0. The molecule has 2 aromatic heterocycles. The fourth-order valence-corrected chi connectivity index (χ4v) is 1.65. The highest BCUT2D eigenvalue weighted by Crippen LogP contribution is 2.15. The second-order valence-corrected chi connectivity index (χ2v) is 3.95. The molecule has 1 atom stereocenters. The SMILES string of the molecule is Cc1cc2c(NC(C)CCO)nccn2n1. The number of rotatable bonds is 4. The van der Waals surface area contributed by atoms with Crippen LogP contribution in [-0.4, -0.2) is 32.4 Å². The number of aryl methyl sites for hydroxylation is 1. The normalized spacial score (nSPS) is 12.9. The number of hydrogen-bond acceptors (Lipinski definition) is 4. The molecule has 16 heavy (non-hydrogen) atoms. The van der Waals surface area contributed by atoms with E-state index in [9.17, 15) is 0 Å². The lowest BCUT2D eigenvalue weighted by Gasteiger charge is -2.13. The number of aliphatic hydroxyl groups excluding tert-OH is 1. The maximum Gasteiger partial charge on any atom is 0.152 e. The summed E-state index contributed by atoms with van der Waals surface area (Å²) in [6.07, 6.45) is 4.24. The fraction of sp³-hybridized carbons (Fsp3) is 0.455. The van der Waals surface area contributed by atoms with Gasteiger partial charge in [0.1, 0.15) is 5.52 Å². The minimum atomic E-state index is 0.176. The zero-order valence-corrected chi connectivity index (χ0v) is 9.51. The number of nitrogens with one attached hydrogen (secondary N) is 1. The van der Waals surface area contributed by atoms with Gasteiger partial charge in [-0.1, -0.05) is 0 Å². The summed E-state index contributed by atoms with van der Waals surface area (Å²) in [5, 5.41) is 16.4. The van der Waals surface area contributed by atoms with Crippen molar-refractivity contribution in [1.82, 2.24) is 14.6 Å². The van der Waals surface area contributed by atoms with Crippen molar-refractivity contribution >= 4 is 11.3 Å². The number of aliphatic hydroxyl groups is 1. The van der Waals surface area contributed by atoms with E-state index in [0.717, 1.165) is 17.0 Å². The molecule has 0 saturated heterocycles. The van der Waals surface area contributed by atoms with Crippen LogP contribution in [0.25, 0.3) is 5.52 Å². The van der Waals surface area contributed by atoms with E-state index in [1.807, 2.05) is 26.1 Å². The Balaban J connectivity index is 2.29. The summed E-state index contributed by atoms with van der Waals surface area (Å²) in [7, 11) is 0. The number of anilines is 1. The van der Waals surface area contributed by atoms with Crippen molar-refractivity contribution in [2.45, 2.75) is 26.3 Å². The highest BCUT2D eigenvalue weighted by Gasteiger charge is 2.07. The van der Waals surface area contributed by atoms with E-state index >= 15 is 0 Å². The summed E-state index contributed by atoms with van der Waals surface area (Å²) in [6, 6.07) is 2.18. The molecule has 2 N–H and O–H groups in total. The first-order chi connectivity index (χ1) is 7.70. The van der Waals surface area contributed by atoms with Gasteiger partial charge < -0.3 is 10.4 Å². The van der Waals surface area contributed by atoms with Gasteiger partial charge in [0.25, 0.3) is 0 Å². The Morgan fingerprint density at radius 3 is 3.12 bits per heavy atom. The van der Waals surface area contributed by atoms with E-state index in [-0.39, 0.29) is 12.6 Å². The molecule has 2 aromatic rings. The Morgan fingerprint density at radius 1 is 1.56 bits per heavy atom. The maximum absolute atomic E-state index is 8.85. The Hall–Kier alpha value is -1.62. The molecule has 1 unspecified atom stereocenters. The van der Waals surface area contributed by atoms with Crippen molar-refractivity contribution in [2.75, 3.05) is 11.9 Å². The van der Waals surface area contributed by atoms with Crippen LogP contribution in [0.1, 0.15) is 19.0 Å². The lowest BCUT2D eigenvalue weighted by molar-refractivity contribution is 0.282. The summed E-state index contributed by atoms with van der Waals surface area (Å²) in [6.45, 7) is 4.15. The molecular weight excluding hydrogens is 204 g/mol. The van der Waals surface area contributed by atoms with E-state index in [0.29, 0.717) is 6.42 Å². The first-order valence-corrected chi connectivity index (χ1v) is 5.39. The molecule has 5 nitrogen and oxygen atoms in total.